The van der Waals surface area contributed by atoms with Gasteiger partial charge in [0.15, 0.2) is 5.17 Å². The molecule has 0 unspecified atom stereocenters. The zero-order chi connectivity index (χ0) is 25.1. The number of rotatable bonds is 6. The Kier molecular flexibility index (Phi) is 7.06. The van der Waals surface area contributed by atoms with Gasteiger partial charge in [0, 0.05) is 23.6 Å². The van der Waals surface area contributed by atoms with Crippen LogP contribution in [0.5, 0.6) is 5.75 Å². The lowest BCUT2D eigenvalue weighted by Crippen LogP contribution is -2.25. The van der Waals surface area contributed by atoms with E-state index in [-0.39, 0.29) is 24.3 Å². The molecule has 0 bridgehead atoms. The molecule has 1 N–H and O–H groups in total. The van der Waals surface area contributed by atoms with E-state index in [0.29, 0.717) is 22.3 Å². The zero-order valence-corrected chi connectivity index (χ0v) is 21.0. The van der Waals surface area contributed by atoms with Crippen LogP contribution >= 0.6 is 23.4 Å². The van der Waals surface area contributed by atoms with Gasteiger partial charge in [-0.3, -0.25) is 9.59 Å². The Labute approximate surface area is 218 Å². The number of ether oxygens (including phenoxy) is 1. The van der Waals surface area contributed by atoms with E-state index in [1.807, 2.05) is 66.7 Å². The SMILES string of the molecule is COc1ccc(C2=NN(C3=NC(=O)[C@H](CC(=O)Nc4ccccc4)S3)[C@@H](c3cccc(Cl)c3)C2)cc1. The van der Waals surface area contributed by atoms with Gasteiger partial charge in [-0.25, -0.2) is 5.01 Å². The van der Waals surface area contributed by atoms with Gasteiger partial charge in [-0.05, 0) is 59.7 Å². The number of hydrogen-bond donors (Lipinski definition) is 1. The summed E-state index contributed by atoms with van der Waals surface area (Å²) in [7, 11) is 1.63. The van der Waals surface area contributed by atoms with Crippen LogP contribution < -0.4 is 10.1 Å². The summed E-state index contributed by atoms with van der Waals surface area (Å²) in [4.78, 5) is 29.6. The maximum atomic E-state index is 12.8. The third-order valence-corrected chi connectivity index (χ3v) is 7.30. The number of para-hydroxylation sites is 1. The minimum Gasteiger partial charge on any atom is -0.497 e. The number of thioether (sulfide) groups is 1. The van der Waals surface area contributed by atoms with E-state index in [2.05, 4.69) is 10.3 Å². The van der Waals surface area contributed by atoms with Crippen molar-refractivity contribution in [2.45, 2.75) is 24.1 Å². The molecule has 0 radical (unpaired) electrons. The van der Waals surface area contributed by atoms with Gasteiger partial charge in [0.25, 0.3) is 5.91 Å². The fraction of sp³-hybridized carbons (Fsp3) is 0.185. The monoisotopic (exact) mass is 518 g/mol. The number of amidine groups is 1. The standard InChI is InChI=1S/C27H23ClN4O3S/c1-35-21-12-10-17(11-13-21)22-15-23(18-6-5-7-19(28)14-18)32(31-22)27-30-26(34)24(36-27)16-25(33)29-20-8-3-2-4-9-20/h2-14,23-24H,15-16H2,1H3,(H,29,33)/t23-,24+/m1/s1. The molecule has 3 aromatic carbocycles. The summed E-state index contributed by atoms with van der Waals surface area (Å²) >= 11 is 7.55. The molecule has 9 heteroatoms. The fourth-order valence-electron chi connectivity index (χ4n) is 4.12. The van der Waals surface area contributed by atoms with Crippen molar-refractivity contribution in [3.63, 3.8) is 0 Å². The first kappa shape index (κ1) is 24.1. The van der Waals surface area contributed by atoms with Crippen LogP contribution in [0.2, 0.25) is 5.02 Å². The largest absolute Gasteiger partial charge is 0.497 e. The van der Waals surface area contributed by atoms with Crippen LogP contribution in [0.1, 0.15) is 30.0 Å². The summed E-state index contributed by atoms with van der Waals surface area (Å²) in [6.07, 6.45) is 0.635. The summed E-state index contributed by atoms with van der Waals surface area (Å²) < 4.78 is 5.27. The van der Waals surface area contributed by atoms with Crippen molar-refractivity contribution in [2.75, 3.05) is 12.4 Å². The molecule has 2 amide bonds. The quantitative estimate of drug-likeness (QED) is 0.464. The lowest BCUT2D eigenvalue weighted by Gasteiger charge is -2.23. The molecule has 2 aliphatic heterocycles. The number of hydrazone groups is 1. The second-order valence-electron chi connectivity index (χ2n) is 8.35. The molecular weight excluding hydrogens is 496 g/mol. The number of methoxy groups -OCH3 is 1. The maximum absolute atomic E-state index is 12.8. The van der Waals surface area contributed by atoms with Crippen molar-refractivity contribution in [1.82, 2.24) is 5.01 Å². The van der Waals surface area contributed by atoms with Gasteiger partial charge in [-0.2, -0.15) is 10.1 Å². The summed E-state index contributed by atoms with van der Waals surface area (Å²) in [5.74, 6) is 0.188. The van der Waals surface area contributed by atoms with E-state index in [9.17, 15) is 9.59 Å². The normalized spacial score (nSPS) is 19.2. The van der Waals surface area contributed by atoms with Crippen molar-refractivity contribution >= 4 is 51.7 Å². The van der Waals surface area contributed by atoms with Gasteiger partial charge >= 0.3 is 0 Å². The number of nitrogens with one attached hydrogen (secondary N) is 1. The van der Waals surface area contributed by atoms with Crippen LogP contribution in [-0.2, 0) is 9.59 Å². The molecule has 0 fully saturated rings. The molecule has 36 heavy (non-hydrogen) atoms. The smallest absolute Gasteiger partial charge is 0.262 e. The number of nitrogens with zero attached hydrogens (tertiary/aromatic N) is 3. The lowest BCUT2D eigenvalue weighted by atomic mass is 9.98. The van der Waals surface area contributed by atoms with Crippen LogP contribution in [0.3, 0.4) is 0 Å². The Hall–Kier alpha value is -3.62. The second kappa shape index (κ2) is 10.6. The summed E-state index contributed by atoms with van der Waals surface area (Å²) in [6.45, 7) is 0. The number of benzene rings is 3. The van der Waals surface area contributed by atoms with Crippen LogP contribution in [-0.4, -0.2) is 40.1 Å². The van der Waals surface area contributed by atoms with Crippen molar-refractivity contribution in [2.24, 2.45) is 10.1 Å². The van der Waals surface area contributed by atoms with Crippen LogP contribution in [0.4, 0.5) is 5.69 Å². The summed E-state index contributed by atoms with van der Waals surface area (Å²) in [6, 6.07) is 24.3. The minimum absolute atomic E-state index is 0.0239. The number of halogens is 1. The molecule has 2 atom stereocenters. The highest BCUT2D eigenvalue weighted by molar-refractivity contribution is 8.15. The molecule has 0 spiro atoms. The van der Waals surface area contributed by atoms with Crippen molar-refractivity contribution in [3.8, 4) is 5.75 Å². The van der Waals surface area contributed by atoms with Crippen molar-refractivity contribution in [1.29, 1.82) is 0 Å². The summed E-state index contributed by atoms with van der Waals surface area (Å²) in [5.41, 5.74) is 3.48. The number of amides is 2. The van der Waals surface area contributed by atoms with E-state index in [4.69, 9.17) is 21.4 Å². The van der Waals surface area contributed by atoms with Gasteiger partial charge in [-0.15, -0.1) is 0 Å². The fourth-order valence-corrected chi connectivity index (χ4v) is 5.38. The highest BCUT2D eigenvalue weighted by atomic mass is 35.5. The van der Waals surface area contributed by atoms with E-state index >= 15 is 0 Å². The minimum atomic E-state index is -0.607. The molecule has 2 aliphatic rings. The molecule has 7 nitrogen and oxygen atoms in total. The number of carbonyl (C=O) groups is 2. The zero-order valence-electron chi connectivity index (χ0n) is 19.4. The molecule has 0 aliphatic carbocycles. The molecular formula is C27H23ClN4O3S. The highest BCUT2D eigenvalue weighted by Crippen LogP contribution is 2.39. The van der Waals surface area contributed by atoms with Gasteiger partial charge in [0.05, 0.1) is 18.9 Å². The maximum Gasteiger partial charge on any atom is 0.262 e. The number of carbonyl (C=O) groups excluding carboxylic acids is 2. The molecule has 0 saturated heterocycles. The highest BCUT2D eigenvalue weighted by Gasteiger charge is 2.39. The van der Waals surface area contributed by atoms with E-state index in [1.54, 1.807) is 24.3 Å². The van der Waals surface area contributed by atoms with Gasteiger partial charge in [0.1, 0.15) is 11.0 Å². The van der Waals surface area contributed by atoms with E-state index in [1.165, 1.54) is 11.8 Å². The Morgan fingerprint density at radius 2 is 1.89 bits per heavy atom. The lowest BCUT2D eigenvalue weighted by molar-refractivity contribution is -0.121. The van der Waals surface area contributed by atoms with E-state index in [0.717, 1.165) is 22.6 Å². The topological polar surface area (TPSA) is 83.4 Å². The summed E-state index contributed by atoms with van der Waals surface area (Å²) in [5, 5.41) is 9.97. The first-order valence-electron chi connectivity index (χ1n) is 11.4. The van der Waals surface area contributed by atoms with Gasteiger partial charge in [0.2, 0.25) is 5.91 Å². The van der Waals surface area contributed by atoms with Crippen LogP contribution in [0.15, 0.2) is 89.0 Å². The second-order valence-corrected chi connectivity index (χ2v) is 9.96. The first-order valence-corrected chi connectivity index (χ1v) is 12.7. The predicted octanol–water partition coefficient (Wildman–Crippen LogP) is 5.53. The average molecular weight is 519 g/mol. The number of aliphatic imine (C=N–C) groups is 1. The van der Waals surface area contributed by atoms with Gasteiger partial charge < -0.3 is 10.1 Å². The molecule has 3 aromatic rings. The van der Waals surface area contributed by atoms with Crippen molar-refractivity contribution in [3.05, 3.63) is 95.0 Å². The average Bonchev–Trinajstić information content (AvgIpc) is 3.49. The molecule has 182 valence electrons. The predicted molar refractivity (Wildman–Crippen MR) is 144 cm³/mol. The van der Waals surface area contributed by atoms with Crippen LogP contribution in [0, 0.1) is 0 Å². The van der Waals surface area contributed by atoms with Crippen molar-refractivity contribution < 1.29 is 14.3 Å². The van der Waals surface area contributed by atoms with Gasteiger partial charge in [-0.1, -0.05) is 53.7 Å². The molecule has 0 saturated carbocycles. The third kappa shape index (κ3) is 5.29. The van der Waals surface area contributed by atoms with E-state index < -0.39 is 5.25 Å². The molecule has 2 heterocycles. The number of hydrogen-bond acceptors (Lipinski definition) is 6. The molecule has 5 rings (SSSR count). The first-order chi connectivity index (χ1) is 17.5. The Bertz CT molecular complexity index is 1340. The molecule has 0 aromatic heterocycles. The van der Waals surface area contributed by atoms with Crippen LogP contribution in [0.25, 0.3) is 0 Å². The number of anilines is 1. The Balaban J connectivity index is 1.37. The Morgan fingerprint density at radius 1 is 1.11 bits per heavy atom. The third-order valence-electron chi connectivity index (χ3n) is 5.92. The Morgan fingerprint density at radius 3 is 2.61 bits per heavy atom.